The van der Waals surface area contributed by atoms with Crippen molar-refractivity contribution < 1.29 is 21.9 Å². The summed E-state index contributed by atoms with van der Waals surface area (Å²) in [6.45, 7) is 2.21. The van der Waals surface area contributed by atoms with E-state index in [1.165, 1.54) is 10.4 Å². The molecule has 3 aromatic rings. The SMILES string of the molecule is COc1cc(CNCc2cccs2)ccc1OCc1ccccc1.[Cl-]. The predicted molar refractivity (Wildman–Crippen MR) is 98.6 cm³/mol. The van der Waals surface area contributed by atoms with Crippen molar-refractivity contribution in [3.63, 3.8) is 0 Å². The highest BCUT2D eigenvalue weighted by Gasteiger charge is 2.06. The molecule has 0 atom stereocenters. The van der Waals surface area contributed by atoms with E-state index >= 15 is 0 Å². The van der Waals surface area contributed by atoms with Crippen molar-refractivity contribution in [3.05, 3.63) is 82.0 Å². The maximum atomic E-state index is 5.89. The second-order valence-corrected chi connectivity index (χ2v) is 6.47. The molecule has 0 saturated carbocycles. The number of rotatable bonds is 8. The zero-order valence-electron chi connectivity index (χ0n) is 14.1. The van der Waals surface area contributed by atoms with Crippen molar-refractivity contribution in [1.82, 2.24) is 5.32 Å². The number of halogens is 1. The Hall–Kier alpha value is -2.01. The number of benzene rings is 2. The maximum absolute atomic E-state index is 5.89. The Balaban J connectivity index is 0.00000225. The molecule has 0 aliphatic rings. The van der Waals surface area contributed by atoms with Crippen molar-refractivity contribution in [2.45, 2.75) is 19.7 Å². The Morgan fingerprint density at radius 1 is 0.880 bits per heavy atom. The van der Waals surface area contributed by atoms with Crippen LogP contribution in [-0.2, 0) is 19.7 Å². The van der Waals surface area contributed by atoms with Gasteiger partial charge in [-0.3, -0.25) is 0 Å². The van der Waals surface area contributed by atoms with Gasteiger partial charge in [-0.25, -0.2) is 0 Å². The van der Waals surface area contributed by atoms with Crippen LogP contribution < -0.4 is 27.2 Å². The second-order valence-electron chi connectivity index (χ2n) is 5.44. The van der Waals surface area contributed by atoms with Gasteiger partial charge < -0.3 is 27.2 Å². The van der Waals surface area contributed by atoms with E-state index in [9.17, 15) is 0 Å². The summed E-state index contributed by atoms with van der Waals surface area (Å²) < 4.78 is 11.4. The summed E-state index contributed by atoms with van der Waals surface area (Å²) in [5.41, 5.74) is 2.32. The van der Waals surface area contributed by atoms with Crippen molar-refractivity contribution in [1.29, 1.82) is 0 Å². The molecule has 0 spiro atoms. The number of nitrogens with one attached hydrogen (secondary N) is 1. The van der Waals surface area contributed by atoms with Gasteiger partial charge >= 0.3 is 0 Å². The van der Waals surface area contributed by atoms with Gasteiger partial charge in [0.25, 0.3) is 0 Å². The molecule has 0 aliphatic heterocycles. The molecule has 0 amide bonds. The van der Waals surface area contributed by atoms with Crippen molar-refractivity contribution >= 4 is 11.3 Å². The molecule has 25 heavy (non-hydrogen) atoms. The molecule has 3 nitrogen and oxygen atoms in total. The summed E-state index contributed by atoms with van der Waals surface area (Å²) in [4.78, 5) is 1.34. The lowest BCUT2D eigenvalue weighted by atomic mass is 10.2. The number of methoxy groups -OCH3 is 1. The van der Waals surface area contributed by atoms with E-state index in [-0.39, 0.29) is 12.4 Å². The Kier molecular flexibility index (Phi) is 7.79. The number of ether oxygens (including phenoxy) is 2. The highest BCUT2D eigenvalue weighted by Crippen LogP contribution is 2.28. The molecular formula is C20H21ClNO2S-. The predicted octanol–water partition coefficient (Wildman–Crippen LogP) is 1.63. The zero-order chi connectivity index (χ0) is 16.6. The first-order valence-corrected chi connectivity index (χ1v) is 8.80. The molecule has 1 N–H and O–H groups in total. The standard InChI is InChI=1S/C20H21NO2S.ClH/c1-22-20-12-17(13-21-14-18-8-5-11-24-18)9-10-19(20)23-15-16-6-3-2-4-7-16;/h2-12,21H,13-15H2,1H3;1H/p-1. The Morgan fingerprint density at radius 3 is 2.44 bits per heavy atom. The zero-order valence-corrected chi connectivity index (χ0v) is 15.6. The van der Waals surface area contributed by atoms with Gasteiger partial charge in [-0.1, -0.05) is 42.5 Å². The fraction of sp³-hybridized carbons (Fsp3) is 0.200. The molecule has 0 saturated heterocycles. The lowest BCUT2D eigenvalue weighted by Crippen LogP contribution is -3.00. The van der Waals surface area contributed by atoms with Gasteiger partial charge in [0.05, 0.1) is 7.11 Å². The van der Waals surface area contributed by atoms with Gasteiger partial charge in [0.2, 0.25) is 0 Å². The summed E-state index contributed by atoms with van der Waals surface area (Å²) in [7, 11) is 1.67. The molecule has 0 unspecified atom stereocenters. The topological polar surface area (TPSA) is 30.5 Å². The van der Waals surface area contributed by atoms with Crippen LogP contribution in [0.2, 0.25) is 0 Å². The van der Waals surface area contributed by atoms with Gasteiger partial charge in [0.15, 0.2) is 11.5 Å². The van der Waals surface area contributed by atoms with Crippen LogP contribution in [0.1, 0.15) is 16.0 Å². The normalized spacial score (nSPS) is 10.1. The maximum Gasteiger partial charge on any atom is 0.161 e. The first kappa shape index (κ1) is 19.3. The van der Waals surface area contributed by atoms with E-state index in [0.717, 1.165) is 30.2 Å². The van der Waals surface area contributed by atoms with E-state index in [2.05, 4.69) is 41.0 Å². The summed E-state index contributed by atoms with van der Waals surface area (Å²) in [5.74, 6) is 1.53. The molecule has 132 valence electrons. The molecule has 0 radical (unpaired) electrons. The molecule has 0 fully saturated rings. The Bertz CT molecular complexity index is 748. The molecule has 0 bridgehead atoms. The van der Waals surface area contributed by atoms with Gasteiger partial charge in [0, 0.05) is 18.0 Å². The van der Waals surface area contributed by atoms with E-state index in [1.807, 2.05) is 30.3 Å². The molecule has 0 aliphatic carbocycles. The first-order valence-electron chi connectivity index (χ1n) is 7.92. The number of hydrogen-bond acceptors (Lipinski definition) is 4. The molecular weight excluding hydrogens is 354 g/mol. The molecule has 1 heterocycles. The number of hydrogen-bond donors (Lipinski definition) is 1. The van der Waals surface area contributed by atoms with Gasteiger partial charge in [-0.05, 0) is 34.7 Å². The van der Waals surface area contributed by atoms with Crippen molar-refractivity contribution in [2.75, 3.05) is 7.11 Å². The van der Waals surface area contributed by atoms with E-state index in [4.69, 9.17) is 9.47 Å². The van der Waals surface area contributed by atoms with Gasteiger partial charge in [-0.15, -0.1) is 11.3 Å². The monoisotopic (exact) mass is 374 g/mol. The summed E-state index contributed by atoms with van der Waals surface area (Å²) in [5, 5.41) is 5.54. The van der Waals surface area contributed by atoms with Crippen LogP contribution >= 0.6 is 11.3 Å². The third kappa shape index (κ3) is 5.78. The van der Waals surface area contributed by atoms with E-state index < -0.39 is 0 Å². The fourth-order valence-electron chi connectivity index (χ4n) is 2.42. The summed E-state index contributed by atoms with van der Waals surface area (Å²) >= 11 is 1.77. The highest BCUT2D eigenvalue weighted by molar-refractivity contribution is 7.09. The van der Waals surface area contributed by atoms with Crippen LogP contribution in [0.5, 0.6) is 11.5 Å². The molecule has 3 rings (SSSR count). The third-order valence-corrected chi connectivity index (χ3v) is 4.55. The van der Waals surface area contributed by atoms with E-state index in [1.54, 1.807) is 18.4 Å². The van der Waals surface area contributed by atoms with Crippen LogP contribution in [0.25, 0.3) is 0 Å². The largest absolute Gasteiger partial charge is 1.00 e. The van der Waals surface area contributed by atoms with Crippen LogP contribution in [0.3, 0.4) is 0 Å². The quantitative estimate of drug-likeness (QED) is 0.650. The highest BCUT2D eigenvalue weighted by atomic mass is 35.5. The van der Waals surface area contributed by atoms with Crippen LogP contribution in [0.15, 0.2) is 66.0 Å². The minimum atomic E-state index is 0. The fourth-order valence-corrected chi connectivity index (χ4v) is 3.09. The molecule has 2 aromatic carbocycles. The smallest absolute Gasteiger partial charge is 0.161 e. The van der Waals surface area contributed by atoms with E-state index in [0.29, 0.717) is 6.61 Å². The average molecular weight is 375 g/mol. The van der Waals surface area contributed by atoms with Crippen LogP contribution in [0, 0.1) is 0 Å². The van der Waals surface area contributed by atoms with Crippen molar-refractivity contribution in [3.8, 4) is 11.5 Å². The lowest BCUT2D eigenvalue weighted by molar-refractivity contribution is -0.00000534. The summed E-state index contributed by atoms with van der Waals surface area (Å²) in [6.07, 6.45) is 0. The molecule has 1 aromatic heterocycles. The Labute approximate surface area is 159 Å². The van der Waals surface area contributed by atoms with Crippen LogP contribution in [-0.4, -0.2) is 7.11 Å². The minimum absolute atomic E-state index is 0. The first-order chi connectivity index (χ1) is 11.8. The van der Waals surface area contributed by atoms with Crippen molar-refractivity contribution in [2.24, 2.45) is 0 Å². The average Bonchev–Trinajstić information content (AvgIpc) is 3.15. The minimum Gasteiger partial charge on any atom is -1.00 e. The van der Waals surface area contributed by atoms with Crippen LogP contribution in [0.4, 0.5) is 0 Å². The molecule has 5 heteroatoms. The second kappa shape index (κ2) is 10.1. The Morgan fingerprint density at radius 2 is 1.72 bits per heavy atom. The summed E-state index contributed by atoms with van der Waals surface area (Å²) in [6, 6.07) is 20.4. The lowest BCUT2D eigenvalue weighted by Gasteiger charge is -2.12. The third-order valence-electron chi connectivity index (χ3n) is 3.67. The van der Waals surface area contributed by atoms with Gasteiger partial charge in [-0.2, -0.15) is 0 Å². The number of thiophene rings is 1. The van der Waals surface area contributed by atoms with Gasteiger partial charge in [0.1, 0.15) is 6.61 Å².